The van der Waals surface area contributed by atoms with Gasteiger partial charge in [-0.05, 0) is 38.4 Å². The monoisotopic (exact) mass is 290 g/mol. The molecular weight excluding hydrogens is 260 g/mol. The Morgan fingerprint density at radius 3 is 2.71 bits per heavy atom. The van der Waals surface area contributed by atoms with Crippen molar-refractivity contribution in [3.05, 3.63) is 17.2 Å². The molecule has 0 unspecified atom stereocenters. The van der Waals surface area contributed by atoms with Crippen molar-refractivity contribution in [2.24, 2.45) is 5.92 Å². The summed E-state index contributed by atoms with van der Waals surface area (Å²) in [6, 6.07) is 0. The van der Waals surface area contributed by atoms with Gasteiger partial charge in [0.25, 0.3) is 0 Å². The van der Waals surface area contributed by atoms with Crippen molar-refractivity contribution in [3.8, 4) is 0 Å². The number of nitrogens with zero attached hydrogens (tertiary/aromatic N) is 3. The summed E-state index contributed by atoms with van der Waals surface area (Å²) in [5.41, 5.74) is 2.81. The van der Waals surface area contributed by atoms with Crippen LogP contribution in [-0.4, -0.2) is 40.6 Å². The highest BCUT2D eigenvalue weighted by atomic mass is 15.1. The van der Waals surface area contributed by atoms with E-state index in [1.165, 1.54) is 56.2 Å². The van der Waals surface area contributed by atoms with Gasteiger partial charge in [-0.1, -0.05) is 20.8 Å². The molecule has 3 heterocycles. The molecule has 1 aromatic rings. The number of aromatic nitrogens is 2. The molecule has 0 spiro atoms. The fraction of sp³-hybridized carbons (Fsp3) is 0.824. The maximum Gasteiger partial charge on any atom is 0.111 e. The average Bonchev–Trinajstić information content (AvgIpc) is 2.87. The van der Waals surface area contributed by atoms with Gasteiger partial charge >= 0.3 is 0 Å². The Labute approximate surface area is 128 Å². The van der Waals surface area contributed by atoms with Crippen LogP contribution >= 0.6 is 0 Å². The first-order chi connectivity index (χ1) is 10.2. The van der Waals surface area contributed by atoms with E-state index in [0.717, 1.165) is 25.4 Å². The summed E-state index contributed by atoms with van der Waals surface area (Å²) < 4.78 is 2.58. The first-order valence-corrected chi connectivity index (χ1v) is 8.70. The third-order valence-electron chi connectivity index (χ3n) is 5.13. The highest BCUT2D eigenvalue weighted by molar-refractivity contribution is 5.21. The largest absolute Gasteiger partial charge is 0.331 e. The summed E-state index contributed by atoms with van der Waals surface area (Å²) >= 11 is 0. The highest BCUT2D eigenvalue weighted by Crippen LogP contribution is 2.26. The lowest BCUT2D eigenvalue weighted by Crippen LogP contribution is -2.35. The van der Waals surface area contributed by atoms with Crippen molar-refractivity contribution < 1.29 is 0 Å². The predicted octanol–water partition coefficient (Wildman–Crippen LogP) is 2.38. The number of hydrogen-bond acceptors (Lipinski definition) is 3. The lowest BCUT2D eigenvalue weighted by Gasteiger charge is -2.32. The van der Waals surface area contributed by atoms with Gasteiger partial charge in [-0.3, -0.25) is 0 Å². The summed E-state index contributed by atoms with van der Waals surface area (Å²) in [5, 5.41) is 3.45. The molecule has 2 aliphatic rings. The molecule has 1 aromatic heterocycles. The first-order valence-electron chi connectivity index (χ1n) is 8.70. The third kappa shape index (κ3) is 3.16. The van der Waals surface area contributed by atoms with Crippen LogP contribution in [0.1, 0.15) is 56.7 Å². The minimum absolute atomic E-state index is 0.520. The zero-order valence-electron chi connectivity index (χ0n) is 13.9. The minimum atomic E-state index is 0.520. The van der Waals surface area contributed by atoms with Gasteiger partial charge < -0.3 is 14.8 Å². The van der Waals surface area contributed by atoms with Crippen LogP contribution in [0.5, 0.6) is 0 Å². The molecule has 1 N–H and O–H groups in total. The molecule has 0 aromatic carbocycles. The van der Waals surface area contributed by atoms with Gasteiger partial charge in [0.05, 0.1) is 5.69 Å². The number of piperidine rings is 1. The number of imidazole rings is 1. The van der Waals surface area contributed by atoms with E-state index in [2.05, 4.69) is 35.6 Å². The summed E-state index contributed by atoms with van der Waals surface area (Å²) in [5.74, 6) is 2.66. The Morgan fingerprint density at radius 1 is 1.29 bits per heavy atom. The van der Waals surface area contributed by atoms with Crippen LogP contribution in [0.2, 0.25) is 0 Å². The van der Waals surface area contributed by atoms with Crippen molar-refractivity contribution in [1.29, 1.82) is 0 Å². The van der Waals surface area contributed by atoms with Gasteiger partial charge in [0.2, 0.25) is 0 Å². The molecule has 0 saturated carbocycles. The second-order valence-electron chi connectivity index (χ2n) is 6.93. The molecule has 4 nitrogen and oxygen atoms in total. The molecule has 4 heteroatoms. The molecule has 0 amide bonds. The van der Waals surface area contributed by atoms with E-state index in [4.69, 9.17) is 4.98 Å². The fourth-order valence-corrected chi connectivity index (χ4v) is 3.78. The van der Waals surface area contributed by atoms with Gasteiger partial charge in [0.15, 0.2) is 0 Å². The molecule has 2 aliphatic heterocycles. The molecule has 3 rings (SSSR count). The van der Waals surface area contributed by atoms with E-state index >= 15 is 0 Å². The van der Waals surface area contributed by atoms with Crippen molar-refractivity contribution in [1.82, 2.24) is 19.8 Å². The number of nitrogens with one attached hydrogen (secondary N) is 1. The van der Waals surface area contributed by atoms with E-state index in [1.54, 1.807) is 0 Å². The van der Waals surface area contributed by atoms with Gasteiger partial charge in [-0.25, -0.2) is 4.98 Å². The Balaban J connectivity index is 1.76. The van der Waals surface area contributed by atoms with Crippen LogP contribution < -0.4 is 5.32 Å². The van der Waals surface area contributed by atoms with E-state index in [9.17, 15) is 0 Å². The lowest BCUT2D eigenvalue weighted by molar-refractivity contribution is 0.179. The van der Waals surface area contributed by atoms with E-state index in [0.29, 0.717) is 5.92 Å². The fourth-order valence-electron chi connectivity index (χ4n) is 3.78. The van der Waals surface area contributed by atoms with Crippen LogP contribution in [0.3, 0.4) is 0 Å². The zero-order valence-corrected chi connectivity index (χ0v) is 13.9. The van der Waals surface area contributed by atoms with E-state index in [-0.39, 0.29) is 0 Å². The van der Waals surface area contributed by atoms with Gasteiger partial charge in [0, 0.05) is 37.7 Å². The Morgan fingerprint density at radius 2 is 2.05 bits per heavy atom. The molecule has 118 valence electrons. The summed E-state index contributed by atoms with van der Waals surface area (Å²) in [6.07, 6.45) is 3.83. The molecule has 0 atom stereocenters. The molecule has 21 heavy (non-hydrogen) atoms. The van der Waals surface area contributed by atoms with Crippen molar-refractivity contribution >= 4 is 0 Å². The Kier molecular flexibility index (Phi) is 4.65. The molecule has 0 bridgehead atoms. The van der Waals surface area contributed by atoms with Crippen LogP contribution in [0.4, 0.5) is 0 Å². The number of hydrogen-bond donors (Lipinski definition) is 1. The third-order valence-corrected chi connectivity index (χ3v) is 5.13. The topological polar surface area (TPSA) is 33.1 Å². The molecular formula is C17H30N4. The molecule has 1 saturated heterocycles. The van der Waals surface area contributed by atoms with Gasteiger partial charge in [-0.15, -0.1) is 0 Å². The van der Waals surface area contributed by atoms with Gasteiger partial charge in [0.1, 0.15) is 5.82 Å². The van der Waals surface area contributed by atoms with Crippen LogP contribution in [0, 0.1) is 5.92 Å². The molecule has 0 aliphatic carbocycles. The minimum Gasteiger partial charge on any atom is -0.331 e. The second kappa shape index (κ2) is 6.49. The second-order valence-corrected chi connectivity index (χ2v) is 6.93. The summed E-state index contributed by atoms with van der Waals surface area (Å²) in [4.78, 5) is 7.51. The van der Waals surface area contributed by atoms with Crippen molar-refractivity contribution in [2.45, 2.75) is 59.0 Å². The number of likely N-dealkylation sites (tertiary alicyclic amines) is 1. The predicted molar refractivity (Wildman–Crippen MR) is 86.6 cm³/mol. The zero-order chi connectivity index (χ0) is 14.8. The Bertz CT molecular complexity index is 469. The Hall–Kier alpha value is -0.870. The number of fused-ring (bicyclic) bond motifs is 1. The number of rotatable bonds is 4. The first kappa shape index (κ1) is 15.0. The standard InChI is InChI=1S/C17H30N4/c1-4-20-9-6-14(7-10-20)12-21-16-5-8-18-11-15(16)19-17(21)13(2)3/h13-14,18H,4-12H2,1-3H3. The van der Waals surface area contributed by atoms with Crippen LogP contribution in [-0.2, 0) is 19.5 Å². The lowest BCUT2D eigenvalue weighted by atomic mass is 9.96. The van der Waals surface area contributed by atoms with Crippen molar-refractivity contribution in [2.75, 3.05) is 26.2 Å². The molecule has 0 radical (unpaired) electrons. The maximum atomic E-state index is 4.94. The molecule has 1 fully saturated rings. The van der Waals surface area contributed by atoms with E-state index < -0.39 is 0 Å². The maximum absolute atomic E-state index is 4.94. The van der Waals surface area contributed by atoms with Crippen LogP contribution in [0.25, 0.3) is 0 Å². The average molecular weight is 290 g/mol. The highest BCUT2D eigenvalue weighted by Gasteiger charge is 2.25. The summed E-state index contributed by atoms with van der Waals surface area (Å²) in [7, 11) is 0. The van der Waals surface area contributed by atoms with Crippen LogP contribution in [0.15, 0.2) is 0 Å². The van der Waals surface area contributed by atoms with E-state index in [1.807, 2.05) is 0 Å². The van der Waals surface area contributed by atoms with Crippen molar-refractivity contribution in [3.63, 3.8) is 0 Å². The van der Waals surface area contributed by atoms with Gasteiger partial charge in [-0.2, -0.15) is 0 Å². The summed E-state index contributed by atoms with van der Waals surface area (Å²) in [6.45, 7) is 13.8. The smallest absolute Gasteiger partial charge is 0.111 e. The normalized spacial score (nSPS) is 21.0. The SMILES string of the molecule is CCN1CCC(Cn2c(C(C)C)nc3c2CCNC3)CC1. The quantitative estimate of drug-likeness (QED) is 0.924.